The molecule has 0 bridgehead atoms. The van der Waals surface area contributed by atoms with Gasteiger partial charge < -0.3 is 29.7 Å². The molecule has 0 saturated heterocycles. The number of hydrogen-bond acceptors (Lipinski definition) is 8. The fourth-order valence-corrected chi connectivity index (χ4v) is 5.06. The zero-order valence-electron chi connectivity index (χ0n) is 23.7. The van der Waals surface area contributed by atoms with Gasteiger partial charge >= 0.3 is 0 Å². The van der Waals surface area contributed by atoms with E-state index in [1.54, 1.807) is 37.3 Å². The van der Waals surface area contributed by atoms with Gasteiger partial charge in [-0.25, -0.2) is 9.37 Å². The molecule has 41 heavy (non-hydrogen) atoms. The van der Waals surface area contributed by atoms with Gasteiger partial charge in [0.1, 0.15) is 29.5 Å². The van der Waals surface area contributed by atoms with Gasteiger partial charge in [-0.1, -0.05) is 6.92 Å². The Hall–Kier alpha value is -3.53. The summed E-state index contributed by atoms with van der Waals surface area (Å²) in [5, 5.41) is 24.3. The number of nitrogens with zero attached hydrogens (tertiary/aromatic N) is 1. The van der Waals surface area contributed by atoms with Crippen LogP contribution in [-0.4, -0.2) is 60.5 Å². The Morgan fingerprint density at radius 3 is 2.63 bits per heavy atom. The molecule has 2 heterocycles. The molecule has 5 rings (SSSR count). The fraction of sp³-hybridized carbons (Fsp3) is 0.438. The van der Waals surface area contributed by atoms with E-state index in [1.165, 1.54) is 32.1 Å². The van der Waals surface area contributed by atoms with Crippen molar-refractivity contribution in [3.8, 4) is 28.5 Å². The van der Waals surface area contributed by atoms with Crippen molar-refractivity contribution < 1.29 is 33.6 Å². The molecule has 2 atom stereocenters. The Labute approximate surface area is 239 Å². The highest BCUT2D eigenvalue weighted by Gasteiger charge is 2.41. The van der Waals surface area contributed by atoms with Crippen molar-refractivity contribution >= 4 is 5.78 Å². The number of aromatic nitrogens is 1. The first kappa shape index (κ1) is 29.0. The highest BCUT2D eigenvalue weighted by molar-refractivity contribution is 5.96. The predicted octanol–water partition coefficient (Wildman–Crippen LogP) is 4.54. The number of ketones is 1. The Morgan fingerprint density at radius 1 is 1.20 bits per heavy atom. The SMILES string of the molecule is COc1cc(C(=O)CC[C@](C)(O)c2cc3c(c(-c4ccc(F)cc4)n2)OC[C@]3(C)CNC2CC2)ccc1OCCO. The minimum atomic E-state index is -1.43. The van der Waals surface area contributed by atoms with Gasteiger partial charge in [0.25, 0.3) is 0 Å². The smallest absolute Gasteiger partial charge is 0.163 e. The van der Waals surface area contributed by atoms with Crippen LogP contribution in [-0.2, 0) is 11.0 Å². The maximum Gasteiger partial charge on any atom is 0.163 e. The Bertz CT molecular complexity index is 1410. The normalized spacial score (nSPS) is 19.3. The lowest BCUT2D eigenvalue weighted by molar-refractivity contribution is 0.0396. The molecule has 218 valence electrons. The number of hydrogen-bond donors (Lipinski definition) is 3. The minimum absolute atomic E-state index is 0.0641. The van der Waals surface area contributed by atoms with Gasteiger partial charge in [-0.2, -0.15) is 0 Å². The molecule has 0 amide bonds. The molecule has 9 heteroatoms. The number of methoxy groups -OCH3 is 1. The number of pyridine rings is 1. The van der Waals surface area contributed by atoms with Crippen LogP contribution in [0.4, 0.5) is 4.39 Å². The molecule has 1 fully saturated rings. The lowest BCUT2D eigenvalue weighted by atomic mass is 9.82. The van der Waals surface area contributed by atoms with E-state index >= 15 is 0 Å². The number of rotatable bonds is 13. The van der Waals surface area contributed by atoms with Crippen molar-refractivity contribution in [1.29, 1.82) is 0 Å². The topological polar surface area (TPSA) is 110 Å². The second kappa shape index (κ2) is 11.8. The van der Waals surface area contributed by atoms with Gasteiger partial charge in [0.2, 0.25) is 0 Å². The van der Waals surface area contributed by atoms with E-state index in [9.17, 15) is 14.3 Å². The summed E-state index contributed by atoms with van der Waals surface area (Å²) >= 11 is 0. The number of ether oxygens (including phenoxy) is 3. The maximum absolute atomic E-state index is 13.7. The molecule has 2 aromatic carbocycles. The largest absolute Gasteiger partial charge is 0.493 e. The van der Waals surface area contributed by atoms with Crippen molar-refractivity contribution in [3.63, 3.8) is 0 Å². The maximum atomic E-state index is 13.7. The minimum Gasteiger partial charge on any atom is -0.493 e. The lowest BCUT2D eigenvalue weighted by Gasteiger charge is -2.27. The van der Waals surface area contributed by atoms with Gasteiger partial charge in [-0.3, -0.25) is 4.79 Å². The number of fused-ring (bicyclic) bond motifs is 1. The van der Waals surface area contributed by atoms with Gasteiger partial charge in [0.15, 0.2) is 17.3 Å². The third-order valence-electron chi connectivity index (χ3n) is 7.86. The summed E-state index contributed by atoms with van der Waals surface area (Å²) in [6, 6.07) is 13.4. The van der Waals surface area contributed by atoms with E-state index in [0.717, 1.165) is 12.1 Å². The Balaban J connectivity index is 1.42. The monoisotopic (exact) mass is 564 g/mol. The van der Waals surface area contributed by atoms with Crippen LogP contribution in [0.2, 0.25) is 0 Å². The summed E-state index contributed by atoms with van der Waals surface area (Å²) in [4.78, 5) is 18.0. The molecular formula is C32H37FN2O6. The highest BCUT2D eigenvalue weighted by atomic mass is 19.1. The summed E-state index contributed by atoms with van der Waals surface area (Å²) in [6.07, 6.45) is 2.52. The molecule has 1 aliphatic heterocycles. The van der Waals surface area contributed by atoms with Gasteiger partial charge in [-0.05, 0) is 74.7 Å². The molecule has 1 aromatic heterocycles. The predicted molar refractivity (Wildman–Crippen MR) is 152 cm³/mol. The zero-order valence-corrected chi connectivity index (χ0v) is 23.7. The molecule has 0 radical (unpaired) electrons. The summed E-state index contributed by atoms with van der Waals surface area (Å²) in [5.41, 5.74) is 1.25. The van der Waals surface area contributed by atoms with Gasteiger partial charge in [0.05, 0.1) is 26.0 Å². The Kier molecular flexibility index (Phi) is 8.31. The fourth-order valence-electron chi connectivity index (χ4n) is 5.06. The lowest BCUT2D eigenvalue weighted by Crippen LogP contribution is -2.38. The average molecular weight is 565 g/mol. The van der Waals surface area contributed by atoms with E-state index in [0.29, 0.717) is 52.4 Å². The van der Waals surface area contributed by atoms with Crippen LogP contribution >= 0.6 is 0 Å². The van der Waals surface area contributed by atoms with Crippen LogP contribution in [0.5, 0.6) is 17.2 Å². The molecule has 0 unspecified atom stereocenters. The average Bonchev–Trinajstić information content (AvgIpc) is 3.75. The zero-order chi connectivity index (χ0) is 29.2. The third kappa shape index (κ3) is 6.37. The van der Waals surface area contributed by atoms with Crippen LogP contribution < -0.4 is 19.5 Å². The van der Waals surface area contributed by atoms with Crippen LogP contribution in [0.3, 0.4) is 0 Å². The van der Waals surface area contributed by atoms with E-state index < -0.39 is 5.60 Å². The second-order valence-corrected chi connectivity index (χ2v) is 11.4. The Morgan fingerprint density at radius 2 is 1.95 bits per heavy atom. The van der Waals surface area contributed by atoms with Crippen LogP contribution in [0.25, 0.3) is 11.3 Å². The van der Waals surface area contributed by atoms with Gasteiger partial charge in [-0.15, -0.1) is 0 Å². The van der Waals surface area contributed by atoms with Crippen molar-refractivity contribution in [2.24, 2.45) is 0 Å². The standard InChI is InChI=1S/C32H37FN2O6/c1-31(18-34-23-9-10-23)19-41-30-24(31)17-28(35-29(30)20-4-7-22(33)8-5-20)32(2,38)13-12-25(37)21-6-11-26(40-15-14-36)27(16-21)39-3/h4-8,11,16-17,23,34,36,38H,9-10,12-15,18-19H2,1-3H3/t31-,32-/m0/s1. The van der Waals surface area contributed by atoms with Crippen molar-refractivity contribution in [2.75, 3.05) is 33.5 Å². The molecule has 0 spiro atoms. The number of aliphatic hydroxyl groups excluding tert-OH is 1. The first-order valence-corrected chi connectivity index (χ1v) is 14.0. The van der Waals surface area contributed by atoms with E-state index in [1.807, 2.05) is 6.07 Å². The summed E-state index contributed by atoms with van der Waals surface area (Å²) in [7, 11) is 1.48. The summed E-state index contributed by atoms with van der Waals surface area (Å²) < 4.78 is 30.7. The van der Waals surface area contributed by atoms with Crippen LogP contribution in [0.1, 0.15) is 61.1 Å². The molecule has 3 aromatic rings. The number of Topliss-reactive ketones (excluding diaryl/α,β-unsaturated/α-hetero) is 1. The quantitative estimate of drug-likeness (QED) is 0.260. The van der Waals surface area contributed by atoms with E-state index in [2.05, 4.69) is 12.2 Å². The first-order valence-electron chi connectivity index (χ1n) is 14.0. The summed E-state index contributed by atoms with van der Waals surface area (Å²) in [6.45, 7) is 4.94. The van der Waals surface area contributed by atoms with Crippen molar-refractivity contribution in [2.45, 2.75) is 56.6 Å². The molecule has 3 N–H and O–H groups in total. The number of benzene rings is 2. The molecule has 2 aliphatic rings. The van der Waals surface area contributed by atoms with Crippen molar-refractivity contribution in [3.05, 3.63) is 71.2 Å². The summed E-state index contributed by atoms with van der Waals surface area (Å²) in [5.74, 6) is 0.944. The van der Waals surface area contributed by atoms with E-state index in [4.69, 9.17) is 24.3 Å². The third-order valence-corrected chi connectivity index (χ3v) is 7.86. The first-order chi connectivity index (χ1) is 19.6. The van der Waals surface area contributed by atoms with Gasteiger partial charge in [0, 0.05) is 41.1 Å². The number of aliphatic hydroxyl groups is 2. The van der Waals surface area contributed by atoms with Crippen molar-refractivity contribution in [1.82, 2.24) is 10.3 Å². The number of halogens is 1. The number of carbonyl (C=O) groups is 1. The van der Waals surface area contributed by atoms with Crippen LogP contribution in [0, 0.1) is 5.82 Å². The molecular weight excluding hydrogens is 527 g/mol. The van der Waals surface area contributed by atoms with E-state index in [-0.39, 0.29) is 43.1 Å². The second-order valence-electron chi connectivity index (χ2n) is 11.4. The molecule has 1 aliphatic carbocycles. The van der Waals surface area contributed by atoms with Crippen LogP contribution in [0.15, 0.2) is 48.5 Å². The highest BCUT2D eigenvalue weighted by Crippen LogP contribution is 2.46. The number of carbonyl (C=O) groups excluding carboxylic acids is 1. The molecule has 8 nitrogen and oxygen atoms in total. The molecule has 1 saturated carbocycles. The number of nitrogens with one attached hydrogen (secondary N) is 1.